The fourth-order valence-electron chi connectivity index (χ4n) is 3.31. The molecule has 1 aromatic heterocycles. The smallest absolute Gasteiger partial charge is 0.260 e. The number of aryl methyl sites for hydroxylation is 1. The normalized spacial score (nSPS) is 13.8. The molecule has 0 bridgehead atoms. The van der Waals surface area contributed by atoms with Gasteiger partial charge in [-0.05, 0) is 43.3 Å². The molecule has 1 amide bonds. The Morgan fingerprint density at radius 3 is 2.84 bits per heavy atom. The van der Waals surface area contributed by atoms with E-state index in [1.807, 2.05) is 4.90 Å². The van der Waals surface area contributed by atoms with Crippen molar-refractivity contribution >= 4 is 28.4 Å². The molecule has 0 saturated carbocycles. The second-order valence-corrected chi connectivity index (χ2v) is 6.88. The number of hydrogen-bond acceptors (Lipinski definition) is 2. The summed E-state index contributed by atoms with van der Waals surface area (Å²) in [5, 5.41) is 1.86. The molecule has 25 heavy (non-hydrogen) atoms. The van der Waals surface area contributed by atoms with E-state index < -0.39 is 0 Å². The Labute approximate surface area is 151 Å². The first-order valence-corrected chi connectivity index (χ1v) is 8.74. The number of nitrogens with one attached hydrogen (secondary N) is 1. The minimum absolute atomic E-state index is 0.00241. The maximum atomic E-state index is 12.5. The van der Waals surface area contributed by atoms with Crippen LogP contribution in [0.25, 0.3) is 10.9 Å². The van der Waals surface area contributed by atoms with Gasteiger partial charge in [0, 0.05) is 46.7 Å². The van der Waals surface area contributed by atoms with Crippen LogP contribution in [0, 0.1) is 6.92 Å². The van der Waals surface area contributed by atoms with Gasteiger partial charge in [-0.1, -0.05) is 23.2 Å². The van der Waals surface area contributed by atoms with E-state index in [1.165, 1.54) is 22.2 Å². The minimum Gasteiger partial charge on any atom is -0.484 e. The van der Waals surface area contributed by atoms with Gasteiger partial charge in [-0.25, -0.2) is 0 Å². The minimum atomic E-state index is 0.00241. The largest absolute Gasteiger partial charge is 0.484 e. The molecule has 0 unspecified atom stereocenters. The average Bonchev–Trinajstić information content (AvgIpc) is 2.98. The van der Waals surface area contributed by atoms with E-state index in [2.05, 4.69) is 30.1 Å². The highest BCUT2D eigenvalue weighted by atomic mass is 35.5. The Kier molecular flexibility index (Phi) is 4.14. The number of carbonyl (C=O) groups excluding carboxylic acids is 1. The number of H-pyrrole nitrogens is 1. The lowest BCUT2D eigenvalue weighted by Crippen LogP contribution is -2.38. The molecule has 1 aliphatic heterocycles. The number of carbonyl (C=O) groups is 1. The zero-order valence-electron chi connectivity index (χ0n) is 14.0. The van der Waals surface area contributed by atoms with Crippen molar-refractivity contribution in [2.24, 2.45) is 0 Å². The van der Waals surface area contributed by atoms with Crippen molar-refractivity contribution in [1.82, 2.24) is 9.88 Å². The van der Waals surface area contributed by atoms with E-state index in [-0.39, 0.29) is 12.5 Å². The first-order valence-electron chi connectivity index (χ1n) is 8.36. The molecule has 3 aromatic rings. The number of amides is 1. The highest BCUT2D eigenvalue weighted by Crippen LogP contribution is 2.28. The summed E-state index contributed by atoms with van der Waals surface area (Å²) >= 11 is 5.86. The van der Waals surface area contributed by atoms with Gasteiger partial charge in [0.15, 0.2) is 6.61 Å². The van der Waals surface area contributed by atoms with E-state index in [0.29, 0.717) is 23.9 Å². The van der Waals surface area contributed by atoms with Crippen LogP contribution in [-0.2, 0) is 17.8 Å². The third-order valence-corrected chi connectivity index (χ3v) is 4.91. The van der Waals surface area contributed by atoms with Crippen LogP contribution < -0.4 is 4.74 Å². The summed E-state index contributed by atoms with van der Waals surface area (Å²) in [6.07, 6.45) is 0.843. The van der Waals surface area contributed by atoms with Gasteiger partial charge in [0.1, 0.15) is 5.75 Å². The van der Waals surface area contributed by atoms with Gasteiger partial charge in [-0.2, -0.15) is 0 Å². The number of aromatic amines is 1. The number of rotatable bonds is 3. The molecule has 5 heteroatoms. The second kappa shape index (κ2) is 6.45. The van der Waals surface area contributed by atoms with Gasteiger partial charge in [-0.15, -0.1) is 0 Å². The Hall–Kier alpha value is -2.46. The summed E-state index contributed by atoms with van der Waals surface area (Å²) < 4.78 is 5.59. The fourth-order valence-corrected chi connectivity index (χ4v) is 3.43. The first-order chi connectivity index (χ1) is 12.1. The number of halogens is 1. The zero-order valence-corrected chi connectivity index (χ0v) is 14.8. The second-order valence-electron chi connectivity index (χ2n) is 6.44. The van der Waals surface area contributed by atoms with Crippen LogP contribution in [0.15, 0.2) is 42.5 Å². The maximum absolute atomic E-state index is 12.5. The molecule has 0 spiro atoms. The molecule has 2 heterocycles. The molecule has 0 saturated heterocycles. The van der Waals surface area contributed by atoms with Crippen molar-refractivity contribution in [2.75, 3.05) is 13.2 Å². The number of aromatic nitrogens is 1. The molecule has 0 fully saturated rings. The number of ether oxygens (including phenoxy) is 1. The van der Waals surface area contributed by atoms with E-state index in [1.54, 1.807) is 24.3 Å². The van der Waals surface area contributed by atoms with Gasteiger partial charge < -0.3 is 14.6 Å². The fraction of sp³-hybridized carbons (Fsp3) is 0.250. The van der Waals surface area contributed by atoms with Crippen LogP contribution in [0.2, 0.25) is 5.02 Å². The molecular formula is C20H19ClN2O2. The van der Waals surface area contributed by atoms with Crippen molar-refractivity contribution in [3.05, 3.63) is 64.3 Å². The van der Waals surface area contributed by atoms with Crippen LogP contribution in [0.5, 0.6) is 5.75 Å². The van der Waals surface area contributed by atoms with Crippen LogP contribution in [0.4, 0.5) is 0 Å². The maximum Gasteiger partial charge on any atom is 0.260 e. The monoisotopic (exact) mass is 354 g/mol. The van der Waals surface area contributed by atoms with Gasteiger partial charge in [0.05, 0.1) is 0 Å². The lowest BCUT2D eigenvalue weighted by Gasteiger charge is -2.27. The van der Waals surface area contributed by atoms with E-state index >= 15 is 0 Å². The molecule has 128 valence electrons. The lowest BCUT2D eigenvalue weighted by molar-refractivity contribution is -0.134. The predicted molar refractivity (Wildman–Crippen MR) is 99.1 cm³/mol. The molecule has 4 nitrogen and oxygen atoms in total. The molecule has 0 radical (unpaired) electrons. The van der Waals surface area contributed by atoms with Gasteiger partial charge in [-0.3, -0.25) is 4.79 Å². The van der Waals surface area contributed by atoms with Gasteiger partial charge in [0.2, 0.25) is 0 Å². The third kappa shape index (κ3) is 3.22. The van der Waals surface area contributed by atoms with Crippen molar-refractivity contribution in [2.45, 2.75) is 19.9 Å². The van der Waals surface area contributed by atoms with Crippen molar-refractivity contribution in [1.29, 1.82) is 0 Å². The Morgan fingerprint density at radius 2 is 2.04 bits per heavy atom. The topological polar surface area (TPSA) is 45.3 Å². The summed E-state index contributed by atoms with van der Waals surface area (Å²) in [6, 6.07) is 13.4. The molecular weight excluding hydrogens is 336 g/mol. The molecule has 1 aliphatic rings. The van der Waals surface area contributed by atoms with E-state index in [9.17, 15) is 4.79 Å². The summed E-state index contributed by atoms with van der Waals surface area (Å²) in [5.74, 6) is 0.653. The zero-order chi connectivity index (χ0) is 17.4. The highest BCUT2D eigenvalue weighted by Gasteiger charge is 2.24. The van der Waals surface area contributed by atoms with Crippen molar-refractivity contribution in [3.8, 4) is 5.75 Å². The van der Waals surface area contributed by atoms with E-state index in [0.717, 1.165) is 11.9 Å². The number of fused-ring (bicyclic) bond motifs is 3. The summed E-state index contributed by atoms with van der Waals surface area (Å²) in [4.78, 5) is 17.9. The summed E-state index contributed by atoms with van der Waals surface area (Å²) in [6.45, 7) is 3.46. The SMILES string of the molecule is Cc1ccc2[nH]c3c(c2c1)CN(C(=O)COc1ccc(Cl)cc1)CC3. The Bertz CT molecular complexity index is 931. The van der Waals surface area contributed by atoms with Crippen LogP contribution in [0.3, 0.4) is 0 Å². The number of benzene rings is 2. The van der Waals surface area contributed by atoms with Crippen molar-refractivity contribution < 1.29 is 9.53 Å². The Balaban J connectivity index is 1.47. The third-order valence-electron chi connectivity index (χ3n) is 4.66. The molecule has 1 N–H and O–H groups in total. The van der Waals surface area contributed by atoms with Crippen LogP contribution in [0.1, 0.15) is 16.8 Å². The standard InChI is InChI=1S/C20H19ClN2O2/c1-13-2-7-18-16(10-13)17-11-23(9-8-19(17)22-18)20(24)12-25-15-5-3-14(21)4-6-15/h2-7,10,22H,8-9,11-12H2,1H3. The number of nitrogens with zero attached hydrogens (tertiary/aromatic N) is 1. The van der Waals surface area contributed by atoms with Crippen LogP contribution in [-0.4, -0.2) is 28.9 Å². The predicted octanol–water partition coefficient (Wildman–Crippen LogP) is 4.09. The van der Waals surface area contributed by atoms with Crippen molar-refractivity contribution in [3.63, 3.8) is 0 Å². The van der Waals surface area contributed by atoms with Gasteiger partial charge >= 0.3 is 0 Å². The molecule has 0 aliphatic carbocycles. The Morgan fingerprint density at radius 1 is 1.24 bits per heavy atom. The average molecular weight is 355 g/mol. The molecule has 0 atom stereocenters. The van der Waals surface area contributed by atoms with E-state index in [4.69, 9.17) is 16.3 Å². The molecule has 4 rings (SSSR count). The van der Waals surface area contributed by atoms with Gasteiger partial charge in [0.25, 0.3) is 5.91 Å². The number of hydrogen-bond donors (Lipinski definition) is 1. The summed E-state index contributed by atoms with van der Waals surface area (Å²) in [5.41, 5.74) is 4.83. The molecule has 2 aromatic carbocycles. The van der Waals surface area contributed by atoms with Crippen LogP contribution >= 0.6 is 11.6 Å². The lowest BCUT2D eigenvalue weighted by atomic mass is 10.0. The highest BCUT2D eigenvalue weighted by molar-refractivity contribution is 6.30. The summed E-state index contributed by atoms with van der Waals surface area (Å²) in [7, 11) is 0. The quantitative estimate of drug-likeness (QED) is 0.769. The first kappa shape index (κ1) is 16.0.